The molecule has 3 N–H and O–H groups in total. The number of benzene rings is 2. The summed E-state index contributed by atoms with van der Waals surface area (Å²) in [5, 5.41) is 15.7. The van der Waals surface area contributed by atoms with Gasteiger partial charge in [-0.25, -0.2) is 4.79 Å². The Bertz CT molecular complexity index is 1060. The number of amides is 3. The van der Waals surface area contributed by atoms with Crippen molar-refractivity contribution in [1.29, 1.82) is 0 Å². The molecule has 3 amide bonds. The molecule has 8 nitrogen and oxygen atoms in total. The zero-order valence-electron chi connectivity index (χ0n) is 24.4. The Hall–Kier alpha value is -3.20. The van der Waals surface area contributed by atoms with Gasteiger partial charge in [0.2, 0.25) is 11.8 Å². The Kier molecular flexibility index (Phi) is 13.9. The topological polar surface area (TPSA) is 108 Å². The number of nitrogens with zero attached hydrogens (tertiary/aromatic N) is 1. The highest BCUT2D eigenvalue weighted by atomic mass is 32.2. The number of rotatable bonds is 15. The number of unbranched alkanes of at least 4 members (excludes halogenated alkanes) is 3. The number of alkyl carbamates (subject to hydrolysis) is 1. The highest BCUT2D eigenvalue weighted by Gasteiger charge is 2.36. The van der Waals surface area contributed by atoms with Crippen molar-refractivity contribution in [1.82, 2.24) is 15.5 Å². The maximum Gasteiger partial charge on any atom is 0.408 e. The molecule has 0 aliphatic carbocycles. The van der Waals surface area contributed by atoms with Crippen LogP contribution < -0.4 is 10.6 Å². The van der Waals surface area contributed by atoms with Crippen molar-refractivity contribution in [2.24, 2.45) is 0 Å². The van der Waals surface area contributed by atoms with Gasteiger partial charge in [0.15, 0.2) is 0 Å². The van der Waals surface area contributed by atoms with Crippen LogP contribution in [0.25, 0.3) is 0 Å². The number of aromatic hydroxyl groups is 1. The summed E-state index contributed by atoms with van der Waals surface area (Å²) in [6.45, 7) is 8.06. The van der Waals surface area contributed by atoms with Crippen LogP contribution in [0.2, 0.25) is 0 Å². The lowest BCUT2D eigenvalue weighted by Gasteiger charge is -2.34. The molecule has 2 unspecified atom stereocenters. The third kappa shape index (κ3) is 11.5. The largest absolute Gasteiger partial charge is 0.508 e. The molecule has 2 aromatic carbocycles. The summed E-state index contributed by atoms with van der Waals surface area (Å²) in [5.74, 6) is 0.0287. The first-order valence-corrected chi connectivity index (χ1v) is 15.3. The van der Waals surface area contributed by atoms with E-state index in [9.17, 15) is 19.5 Å². The Balaban J connectivity index is 2.44. The SMILES string of the molecule is CCCCCCN(C(=O)C(CCSC)NC(=O)OC(C)(C)C)C(C(=O)NCc1ccccc1)c1ccc(O)cc1. The van der Waals surface area contributed by atoms with E-state index in [1.165, 1.54) is 12.1 Å². The van der Waals surface area contributed by atoms with Crippen LogP contribution in [0.15, 0.2) is 54.6 Å². The van der Waals surface area contributed by atoms with Crippen LogP contribution in [0.5, 0.6) is 5.75 Å². The molecule has 0 spiro atoms. The Morgan fingerprint density at radius 2 is 1.68 bits per heavy atom. The number of carbonyl (C=O) groups excluding carboxylic acids is 3. The van der Waals surface area contributed by atoms with Crippen molar-refractivity contribution in [3.8, 4) is 5.75 Å². The minimum Gasteiger partial charge on any atom is -0.508 e. The molecule has 0 aliphatic heterocycles. The maximum atomic E-state index is 14.2. The molecule has 0 saturated heterocycles. The highest BCUT2D eigenvalue weighted by molar-refractivity contribution is 7.98. The van der Waals surface area contributed by atoms with Crippen molar-refractivity contribution in [3.05, 3.63) is 65.7 Å². The zero-order valence-corrected chi connectivity index (χ0v) is 25.3. The van der Waals surface area contributed by atoms with E-state index >= 15 is 0 Å². The smallest absolute Gasteiger partial charge is 0.408 e. The molecule has 9 heteroatoms. The van der Waals surface area contributed by atoms with Gasteiger partial charge in [-0.05, 0) is 68.9 Å². The molecule has 2 aromatic rings. The summed E-state index contributed by atoms with van der Waals surface area (Å²) in [6.07, 6.45) is 5.31. The fraction of sp³-hybridized carbons (Fsp3) is 0.516. The molecule has 220 valence electrons. The normalized spacial score (nSPS) is 12.7. The molecule has 2 atom stereocenters. The van der Waals surface area contributed by atoms with Crippen LogP contribution in [0.4, 0.5) is 4.79 Å². The zero-order chi connectivity index (χ0) is 29.5. The summed E-state index contributed by atoms with van der Waals surface area (Å²) >= 11 is 1.57. The quantitative estimate of drug-likeness (QED) is 0.233. The van der Waals surface area contributed by atoms with Gasteiger partial charge >= 0.3 is 6.09 Å². The van der Waals surface area contributed by atoms with E-state index in [4.69, 9.17) is 4.74 Å². The van der Waals surface area contributed by atoms with Crippen molar-refractivity contribution in [2.75, 3.05) is 18.6 Å². The van der Waals surface area contributed by atoms with Crippen molar-refractivity contribution >= 4 is 29.7 Å². The average molecular weight is 572 g/mol. The second kappa shape index (κ2) is 16.8. The minimum absolute atomic E-state index is 0.0671. The molecule has 0 radical (unpaired) electrons. The van der Waals surface area contributed by atoms with Crippen LogP contribution in [-0.2, 0) is 20.9 Å². The first kappa shape index (κ1) is 33.0. The molecule has 0 bridgehead atoms. The minimum atomic E-state index is -0.948. The summed E-state index contributed by atoms with van der Waals surface area (Å²) < 4.78 is 5.45. The van der Waals surface area contributed by atoms with Gasteiger partial charge in [-0.15, -0.1) is 0 Å². The van der Waals surface area contributed by atoms with E-state index in [0.717, 1.165) is 24.8 Å². The average Bonchev–Trinajstić information content (AvgIpc) is 2.91. The van der Waals surface area contributed by atoms with E-state index in [0.29, 0.717) is 37.2 Å². The van der Waals surface area contributed by atoms with Crippen LogP contribution in [-0.4, -0.2) is 58.1 Å². The van der Waals surface area contributed by atoms with Gasteiger partial charge in [-0.1, -0.05) is 68.7 Å². The second-order valence-corrected chi connectivity index (χ2v) is 11.8. The summed E-state index contributed by atoms with van der Waals surface area (Å²) in [7, 11) is 0. The van der Waals surface area contributed by atoms with E-state index < -0.39 is 23.8 Å². The molecular weight excluding hydrogens is 526 g/mol. The van der Waals surface area contributed by atoms with Crippen LogP contribution in [0, 0.1) is 0 Å². The van der Waals surface area contributed by atoms with Gasteiger partial charge < -0.3 is 25.4 Å². The summed E-state index contributed by atoms with van der Waals surface area (Å²) in [6, 6.07) is 14.1. The lowest BCUT2D eigenvalue weighted by molar-refractivity contribution is -0.142. The Morgan fingerprint density at radius 3 is 2.27 bits per heavy atom. The summed E-state index contributed by atoms with van der Waals surface area (Å²) in [4.78, 5) is 42.3. The van der Waals surface area contributed by atoms with Crippen molar-refractivity contribution < 1.29 is 24.2 Å². The van der Waals surface area contributed by atoms with E-state index in [1.807, 2.05) is 36.6 Å². The van der Waals surface area contributed by atoms with Gasteiger partial charge in [-0.3, -0.25) is 9.59 Å². The number of thioether (sulfide) groups is 1. The molecule has 0 fully saturated rings. The predicted molar refractivity (Wildman–Crippen MR) is 161 cm³/mol. The molecule has 0 heterocycles. The highest BCUT2D eigenvalue weighted by Crippen LogP contribution is 2.26. The van der Waals surface area contributed by atoms with E-state index in [1.54, 1.807) is 49.6 Å². The fourth-order valence-corrected chi connectivity index (χ4v) is 4.70. The number of hydrogen-bond acceptors (Lipinski definition) is 6. The lowest BCUT2D eigenvalue weighted by Crippen LogP contribution is -2.53. The number of nitrogens with one attached hydrogen (secondary N) is 2. The monoisotopic (exact) mass is 571 g/mol. The maximum absolute atomic E-state index is 14.2. The lowest BCUT2D eigenvalue weighted by atomic mass is 10.0. The first-order valence-electron chi connectivity index (χ1n) is 13.9. The number of hydrogen-bond donors (Lipinski definition) is 3. The van der Waals surface area contributed by atoms with Crippen molar-refractivity contribution in [3.63, 3.8) is 0 Å². The number of carbonyl (C=O) groups is 3. The number of phenols is 1. The van der Waals surface area contributed by atoms with Gasteiger partial charge in [0.25, 0.3) is 0 Å². The standard InChI is InChI=1S/C31H45N3O5S/c1-6-7-8-12-20-34(29(37)26(19-21-40-5)33-30(38)39-31(2,3)4)27(24-15-17-25(35)18-16-24)28(36)32-22-23-13-10-9-11-14-23/h9-11,13-18,26-27,35H,6-8,12,19-22H2,1-5H3,(H,32,36)(H,33,38). The van der Waals surface area contributed by atoms with Crippen LogP contribution >= 0.6 is 11.8 Å². The Labute approximate surface area is 243 Å². The van der Waals surface area contributed by atoms with Gasteiger partial charge in [0.05, 0.1) is 0 Å². The van der Waals surface area contributed by atoms with Gasteiger partial charge in [0, 0.05) is 13.1 Å². The molecular formula is C31H45N3O5S. The molecule has 0 saturated carbocycles. The summed E-state index contributed by atoms with van der Waals surface area (Å²) in [5.41, 5.74) is 0.793. The Morgan fingerprint density at radius 1 is 1.00 bits per heavy atom. The third-order valence-electron chi connectivity index (χ3n) is 6.21. The molecule has 2 rings (SSSR count). The number of phenolic OH excluding ortho intramolecular Hbond substituents is 1. The molecule has 40 heavy (non-hydrogen) atoms. The molecule has 0 aliphatic rings. The van der Waals surface area contributed by atoms with Crippen LogP contribution in [0.3, 0.4) is 0 Å². The van der Waals surface area contributed by atoms with E-state index in [-0.39, 0.29) is 17.6 Å². The molecule has 0 aromatic heterocycles. The fourth-order valence-electron chi connectivity index (χ4n) is 4.23. The van der Waals surface area contributed by atoms with Gasteiger partial charge in [-0.2, -0.15) is 11.8 Å². The van der Waals surface area contributed by atoms with E-state index in [2.05, 4.69) is 17.6 Å². The number of ether oxygens (including phenoxy) is 1. The van der Waals surface area contributed by atoms with Crippen LogP contribution in [0.1, 0.15) is 77.0 Å². The van der Waals surface area contributed by atoms with Gasteiger partial charge in [0.1, 0.15) is 23.4 Å². The first-order chi connectivity index (χ1) is 19.1. The third-order valence-corrected chi connectivity index (χ3v) is 6.86. The van der Waals surface area contributed by atoms with Crippen molar-refractivity contribution in [2.45, 2.75) is 84.0 Å². The second-order valence-electron chi connectivity index (χ2n) is 10.8. The predicted octanol–water partition coefficient (Wildman–Crippen LogP) is 5.81.